The smallest absolute Gasteiger partial charge is 0.354 e. The molecule has 0 aliphatic heterocycles. The fraction of sp³-hybridized carbons (Fsp3) is 0.250. The van der Waals surface area contributed by atoms with E-state index in [4.69, 9.17) is 10.8 Å². The first-order valence-corrected chi connectivity index (χ1v) is 3.57. The normalized spacial score (nSPS) is 12.5. The molecule has 1 aromatic heterocycles. The van der Waals surface area contributed by atoms with Crippen LogP contribution in [-0.2, 0) is 0 Å². The largest absolute Gasteiger partial charge is 0.477 e. The molecule has 4 nitrogen and oxygen atoms in total. The van der Waals surface area contributed by atoms with Gasteiger partial charge in [-0.05, 0) is 19.1 Å². The number of nitrogens with zero attached hydrogens (tertiary/aromatic N) is 1. The fourth-order valence-corrected chi connectivity index (χ4v) is 0.824. The van der Waals surface area contributed by atoms with Crippen LogP contribution in [-0.4, -0.2) is 16.1 Å². The highest BCUT2D eigenvalue weighted by Gasteiger charge is 2.06. The maximum absolute atomic E-state index is 10.5. The number of aromatic nitrogens is 1. The van der Waals surface area contributed by atoms with Gasteiger partial charge in [0.2, 0.25) is 0 Å². The van der Waals surface area contributed by atoms with Crippen molar-refractivity contribution in [2.45, 2.75) is 13.0 Å². The summed E-state index contributed by atoms with van der Waals surface area (Å²) in [5.41, 5.74) is 6.15. The average Bonchev–Trinajstić information content (AvgIpc) is 2.04. The number of carbonyl (C=O) groups is 1. The zero-order valence-corrected chi connectivity index (χ0v) is 6.69. The molecule has 1 unspecified atom stereocenters. The van der Waals surface area contributed by atoms with Gasteiger partial charge in [0.05, 0.1) is 5.69 Å². The fourth-order valence-electron chi connectivity index (χ4n) is 0.824. The van der Waals surface area contributed by atoms with E-state index >= 15 is 0 Å². The Morgan fingerprint density at radius 1 is 1.67 bits per heavy atom. The van der Waals surface area contributed by atoms with Crippen LogP contribution in [0.15, 0.2) is 18.2 Å². The topological polar surface area (TPSA) is 76.2 Å². The molecule has 0 saturated carbocycles. The van der Waals surface area contributed by atoms with Gasteiger partial charge in [-0.2, -0.15) is 0 Å². The number of carboxylic acid groups (broad SMARTS) is 1. The maximum Gasteiger partial charge on any atom is 0.354 e. The van der Waals surface area contributed by atoms with Gasteiger partial charge < -0.3 is 10.8 Å². The Bertz CT molecular complexity index is 297. The van der Waals surface area contributed by atoms with E-state index in [9.17, 15) is 4.79 Å². The van der Waals surface area contributed by atoms with Crippen molar-refractivity contribution in [2.24, 2.45) is 5.73 Å². The molecule has 1 atom stereocenters. The van der Waals surface area contributed by atoms with Crippen LogP contribution in [0.1, 0.15) is 29.1 Å². The van der Waals surface area contributed by atoms with Gasteiger partial charge in [0.15, 0.2) is 0 Å². The van der Waals surface area contributed by atoms with E-state index in [-0.39, 0.29) is 11.7 Å². The van der Waals surface area contributed by atoms with Crippen LogP contribution in [0.3, 0.4) is 0 Å². The van der Waals surface area contributed by atoms with E-state index in [1.165, 1.54) is 6.07 Å². The van der Waals surface area contributed by atoms with Crippen molar-refractivity contribution < 1.29 is 9.90 Å². The third-order valence-electron chi connectivity index (χ3n) is 1.46. The molecule has 0 spiro atoms. The Kier molecular flexibility index (Phi) is 2.40. The molecular formula is C8H10N2O2. The Labute approximate surface area is 70.0 Å². The zero-order chi connectivity index (χ0) is 9.14. The number of rotatable bonds is 2. The maximum atomic E-state index is 10.5. The molecular weight excluding hydrogens is 156 g/mol. The van der Waals surface area contributed by atoms with E-state index in [2.05, 4.69) is 4.98 Å². The Balaban J connectivity index is 3.04. The lowest BCUT2D eigenvalue weighted by molar-refractivity contribution is 0.0690. The Hall–Kier alpha value is -1.42. The van der Waals surface area contributed by atoms with Crippen LogP contribution in [0, 0.1) is 0 Å². The number of aromatic carboxylic acids is 1. The first kappa shape index (κ1) is 8.67. The Morgan fingerprint density at radius 2 is 2.33 bits per heavy atom. The molecule has 64 valence electrons. The second kappa shape index (κ2) is 3.32. The van der Waals surface area contributed by atoms with E-state index in [1.54, 1.807) is 19.1 Å². The van der Waals surface area contributed by atoms with E-state index in [1.807, 2.05) is 0 Å². The second-order valence-corrected chi connectivity index (χ2v) is 2.54. The molecule has 3 N–H and O–H groups in total. The molecule has 1 aromatic rings. The second-order valence-electron chi connectivity index (χ2n) is 2.54. The average molecular weight is 166 g/mol. The van der Waals surface area contributed by atoms with Crippen molar-refractivity contribution in [3.63, 3.8) is 0 Å². The van der Waals surface area contributed by atoms with Gasteiger partial charge in [-0.15, -0.1) is 0 Å². The molecule has 0 saturated heterocycles. The summed E-state index contributed by atoms with van der Waals surface area (Å²) in [7, 11) is 0. The third-order valence-corrected chi connectivity index (χ3v) is 1.46. The predicted octanol–water partition coefficient (Wildman–Crippen LogP) is 0.800. The number of hydrogen-bond acceptors (Lipinski definition) is 3. The van der Waals surface area contributed by atoms with Crippen molar-refractivity contribution in [3.8, 4) is 0 Å². The minimum atomic E-state index is -1.03. The standard InChI is InChI=1S/C8H10N2O2/c1-5(9)6-3-2-4-7(10-6)8(11)12/h2-5H,9H2,1H3,(H,11,12). The van der Waals surface area contributed by atoms with Crippen LogP contribution in [0.4, 0.5) is 0 Å². The summed E-state index contributed by atoms with van der Waals surface area (Å²) in [6.07, 6.45) is 0. The van der Waals surface area contributed by atoms with Gasteiger partial charge in [-0.1, -0.05) is 6.07 Å². The van der Waals surface area contributed by atoms with Crippen molar-refractivity contribution in [3.05, 3.63) is 29.6 Å². The number of carboxylic acids is 1. The number of pyridine rings is 1. The molecule has 1 rings (SSSR count). The molecule has 0 bridgehead atoms. The Morgan fingerprint density at radius 3 is 2.83 bits per heavy atom. The van der Waals surface area contributed by atoms with Gasteiger partial charge in [-0.25, -0.2) is 9.78 Å². The number of nitrogens with two attached hydrogens (primary N) is 1. The van der Waals surface area contributed by atoms with Crippen LogP contribution in [0.5, 0.6) is 0 Å². The monoisotopic (exact) mass is 166 g/mol. The minimum absolute atomic E-state index is 0.0322. The molecule has 1 heterocycles. The van der Waals surface area contributed by atoms with Crippen molar-refractivity contribution in [1.29, 1.82) is 0 Å². The van der Waals surface area contributed by atoms with Gasteiger partial charge in [0.1, 0.15) is 5.69 Å². The van der Waals surface area contributed by atoms with Gasteiger partial charge in [0.25, 0.3) is 0 Å². The highest BCUT2D eigenvalue weighted by Crippen LogP contribution is 2.06. The van der Waals surface area contributed by atoms with Crippen molar-refractivity contribution >= 4 is 5.97 Å². The lowest BCUT2D eigenvalue weighted by Gasteiger charge is -2.03. The lowest BCUT2D eigenvalue weighted by Crippen LogP contribution is -2.10. The minimum Gasteiger partial charge on any atom is -0.477 e. The quantitative estimate of drug-likeness (QED) is 0.681. The van der Waals surface area contributed by atoms with Crippen LogP contribution >= 0.6 is 0 Å². The zero-order valence-electron chi connectivity index (χ0n) is 6.69. The summed E-state index contributed by atoms with van der Waals surface area (Å²) in [4.78, 5) is 14.3. The predicted molar refractivity (Wildman–Crippen MR) is 43.8 cm³/mol. The third kappa shape index (κ3) is 1.79. The molecule has 4 heteroatoms. The molecule has 0 aliphatic carbocycles. The SMILES string of the molecule is CC(N)c1cccc(C(=O)O)n1. The molecule has 0 aliphatic rings. The summed E-state index contributed by atoms with van der Waals surface area (Å²) < 4.78 is 0. The first-order valence-electron chi connectivity index (χ1n) is 3.57. The summed E-state index contributed by atoms with van der Waals surface area (Å²) >= 11 is 0. The molecule has 0 aromatic carbocycles. The van der Waals surface area contributed by atoms with Gasteiger partial charge >= 0.3 is 5.97 Å². The highest BCUT2D eigenvalue weighted by atomic mass is 16.4. The summed E-state index contributed by atoms with van der Waals surface area (Å²) in [6, 6.07) is 4.55. The summed E-state index contributed by atoms with van der Waals surface area (Å²) in [5, 5.41) is 8.59. The number of hydrogen-bond donors (Lipinski definition) is 2. The molecule has 12 heavy (non-hydrogen) atoms. The van der Waals surface area contributed by atoms with Crippen LogP contribution < -0.4 is 5.73 Å². The van der Waals surface area contributed by atoms with Crippen molar-refractivity contribution in [1.82, 2.24) is 4.98 Å². The van der Waals surface area contributed by atoms with Crippen LogP contribution in [0.2, 0.25) is 0 Å². The first-order chi connectivity index (χ1) is 5.61. The van der Waals surface area contributed by atoms with E-state index in [0.717, 1.165) is 0 Å². The molecule has 0 fully saturated rings. The van der Waals surface area contributed by atoms with Crippen molar-refractivity contribution in [2.75, 3.05) is 0 Å². The van der Waals surface area contributed by atoms with E-state index < -0.39 is 5.97 Å². The van der Waals surface area contributed by atoms with E-state index in [0.29, 0.717) is 5.69 Å². The van der Waals surface area contributed by atoms with Crippen LogP contribution in [0.25, 0.3) is 0 Å². The molecule has 0 radical (unpaired) electrons. The summed E-state index contributed by atoms with van der Waals surface area (Å²) in [5.74, 6) is -1.03. The van der Waals surface area contributed by atoms with Gasteiger partial charge in [0, 0.05) is 6.04 Å². The highest BCUT2D eigenvalue weighted by molar-refractivity contribution is 5.85. The molecule has 0 amide bonds. The lowest BCUT2D eigenvalue weighted by atomic mass is 10.2. The van der Waals surface area contributed by atoms with Gasteiger partial charge in [-0.3, -0.25) is 0 Å². The summed E-state index contributed by atoms with van der Waals surface area (Å²) in [6.45, 7) is 1.76.